The van der Waals surface area contributed by atoms with Crippen molar-refractivity contribution >= 4 is 16.8 Å². The number of benzene rings is 2. The van der Waals surface area contributed by atoms with E-state index in [9.17, 15) is 4.79 Å². The number of para-hydroxylation sites is 1. The van der Waals surface area contributed by atoms with Gasteiger partial charge in [-0.3, -0.25) is 9.78 Å². The average molecular weight is 355 g/mol. The molecule has 1 N–H and O–H groups in total. The number of nitrogens with zero attached hydrogens (tertiary/aromatic N) is 2. The molecule has 0 bridgehead atoms. The van der Waals surface area contributed by atoms with Gasteiger partial charge in [0.25, 0.3) is 5.91 Å². The zero-order valence-corrected chi connectivity index (χ0v) is 15.2. The second-order valence-electron chi connectivity index (χ2n) is 6.40. The van der Waals surface area contributed by atoms with E-state index < -0.39 is 0 Å². The van der Waals surface area contributed by atoms with Crippen molar-refractivity contribution in [3.05, 3.63) is 102 Å². The zero-order chi connectivity index (χ0) is 18.6. The third kappa shape index (κ3) is 3.34. The monoisotopic (exact) mass is 355 g/mol. The Morgan fingerprint density at radius 2 is 1.74 bits per heavy atom. The van der Waals surface area contributed by atoms with Gasteiger partial charge in [0.05, 0.1) is 11.7 Å². The highest BCUT2D eigenvalue weighted by molar-refractivity contribution is 5.99. The molecule has 0 aliphatic rings. The molecule has 134 valence electrons. The molecule has 0 saturated carbocycles. The first-order valence-corrected chi connectivity index (χ1v) is 9.13. The molecule has 2 heterocycles. The highest BCUT2D eigenvalue weighted by Crippen LogP contribution is 2.23. The first kappa shape index (κ1) is 17.0. The van der Waals surface area contributed by atoms with Crippen molar-refractivity contribution in [1.82, 2.24) is 14.9 Å². The fourth-order valence-corrected chi connectivity index (χ4v) is 3.46. The van der Waals surface area contributed by atoms with Gasteiger partial charge < -0.3 is 9.88 Å². The minimum absolute atomic E-state index is 0.104. The molecule has 4 heteroatoms. The van der Waals surface area contributed by atoms with Crippen LogP contribution in [0, 0.1) is 0 Å². The Bertz CT molecular complexity index is 1020. The number of carbonyl (C=O) groups excluding carboxylic acids is 1. The van der Waals surface area contributed by atoms with E-state index in [4.69, 9.17) is 0 Å². The minimum atomic E-state index is -0.303. The van der Waals surface area contributed by atoms with Crippen LogP contribution in [0.25, 0.3) is 10.9 Å². The largest absolute Gasteiger partial charge is 0.338 e. The molecule has 0 spiro atoms. The van der Waals surface area contributed by atoms with E-state index in [1.54, 1.807) is 6.20 Å². The first-order chi connectivity index (χ1) is 13.3. The van der Waals surface area contributed by atoms with Crippen LogP contribution < -0.4 is 5.32 Å². The van der Waals surface area contributed by atoms with Gasteiger partial charge in [0.2, 0.25) is 0 Å². The lowest BCUT2D eigenvalue weighted by Gasteiger charge is -2.19. The summed E-state index contributed by atoms with van der Waals surface area (Å²) >= 11 is 0. The Morgan fingerprint density at radius 3 is 2.48 bits per heavy atom. The van der Waals surface area contributed by atoms with Crippen LogP contribution in [-0.4, -0.2) is 15.5 Å². The summed E-state index contributed by atoms with van der Waals surface area (Å²) in [6, 6.07) is 25.4. The van der Waals surface area contributed by atoms with Crippen molar-refractivity contribution in [1.29, 1.82) is 0 Å². The highest BCUT2D eigenvalue weighted by Gasteiger charge is 2.21. The maximum absolute atomic E-state index is 13.2. The Hall–Kier alpha value is -3.40. The van der Waals surface area contributed by atoms with Crippen molar-refractivity contribution in [2.45, 2.75) is 19.5 Å². The van der Waals surface area contributed by atoms with Crippen LogP contribution in [0.5, 0.6) is 0 Å². The highest BCUT2D eigenvalue weighted by atomic mass is 16.2. The molecule has 1 atom stereocenters. The Kier molecular flexibility index (Phi) is 4.71. The number of amides is 1. The molecule has 4 nitrogen and oxygen atoms in total. The van der Waals surface area contributed by atoms with E-state index in [1.807, 2.05) is 83.4 Å². The van der Waals surface area contributed by atoms with Gasteiger partial charge in [0.1, 0.15) is 5.69 Å². The molecular weight excluding hydrogens is 334 g/mol. The van der Waals surface area contributed by atoms with Gasteiger partial charge in [-0.05, 0) is 36.8 Å². The van der Waals surface area contributed by atoms with Gasteiger partial charge >= 0.3 is 0 Å². The molecule has 0 aliphatic carbocycles. The lowest BCUT2D eigenvalue weighted by atomic mass is 10.0. The first-order valence-electron chi connectivity index (χ1n) is 9.13. The number of hydrogen-bond donors (Lipinski definition) is 1. The average Bonchev–Trinajstić information content (AvgIpc) is 3.12. The number of aryl methyl sites for hydroxylation is 1. The van der Waals surface area contributed by atoms with Crippen molar-refractivity contribution < 1.29 is 4.79 Å². The van der Waals surface area contributed by atoms with Crippen LogP contribution in [-0.2, 0) is 6.54 Å². The van der Waals surface area contributed by atoms with Crippen LogP contribution in [0.2, 0.25) is 0 Å². The van der Waals surface area contributed by atoms with Crippen molar-refractivity contribution in [3.63, 3.8) is 0 Å². The molecule has 4 rings (SSSR count). The summed E-state index contributed by atoms with van der Waals surface area (Å²) in [6.45, 7) is 2.78. The fourth-order valence-electron chi connectivity index (χ4n) is 3.46. The number of pyridine rings is 1. The maximum atomic E-state index is 13.2. The van der Waals surface area contributed by atoms with E-state index >= 15 is 0 Å². The third-order valence-electron chi connectivity index (χ3n) is 4.75. The van der Waals surface area contributed by atoms with Gasteiger partial charge in [-0.2, -0.15) is 0 Å². The Morgan fingerprint density at radius 1 is 1.00 bits per heavy atom. The van der Waals surface area contributed by atoms with E-state index in [2.05, 4.69) is 17.2 Å². The number of fused-ring (bicyclic) bond motifs is 1. The van der Waals surface area contributed by atoms with Gasteiger partial charge in [0, 0.05) is 23.6 Å². The molecule has 0 saturated heterocycles. The molecular formula is C23H21N3O. The zero-order valence-electron chi connectivity index (χ0n) is 15.2. The molecule has 2 aromatic heterocycles. The lowest BCUT2D eigenvalue weighted by molar-refractivity contribution is 0.0933. The second kappa shape index (κ2) is 7.46. The summed E-state index contributed by atoms with van der Waals surface area (Å²) in [5.41, 5.74) is 3.55. The quantitative estimate of drug-likeness (QED) is 0.570. The molecule has 1 amide bonds. The number of nitrogens with one attached hydrogen (secondary N) is 1. The third-order valence-corrected chi connectivity index (χ3v) is 4.75. The molecule has 2 aromatic carbocycles. The molecule has 1 unspecified atom stereocenters. The van der Waals surface area contributed by atoms with E-state index in [1.165, 1.54) is 0 Å². The van der Waals surface area contributed by atoms with E-state index in [-0.39, 0.29) is 11.9 Å². The van der Waals surface area contributed by atoms with E-state index in [0.29, 0.717) is 5.69 Å². The maximum Gasteiger partial charge on any atom is 0.268 e. The summed E-state index contributed by atoms with van der Waals surface area (Å²) < 4.78 is 2.05. The van der Waals surface area contributed by atoms with Crippen molar-refractivity contribution in [2.75, 3.05) is 0 Å². The topological polar surface area (TPSA) is 46.9 Å². The predicted octanol–water partition coefficient (Wildman–Crippen LogP) is 4.58. The normalized spacial score (nSPS) is 12.0. The molecule has 4 aromatic rings. The van der Waals surface area contributed by atoms with Crippen molar-refractivity contribution in [3.8, 4) is 0 Å². The second-order valence-corrected chi connectivity index (χ2v) is 6.40. The Labute approximate surface area is 158 Å². The van der Waals surface area contributed by atoms with Gasteiger partial charge in [-0.15, -0.1) is 0 Å². The standard InChI is InChI=1S/C23H21N3O/c1-2-26-20-14-7-6-12-18(20)16-21(26)23(27)25-22(17-10-4-3-5-11-17)19-13-8-9-15-24-19/h3-16,22H,2H2,1H3,(H,25,27). The lowest BCUT2D eigenvalue weighted by Crippen LogP contribution is -2.31. The van der Waals surface area contributed by atoms with Gasteiger partial charge in [0.15, 0.2) is 0 Å². The Balaban J connectivity index is 1.73. The van der Waals surface area contributed by atoms with Crippen LogP contribution >= 0.6 is 0 Å². The number of rotatable bonds is 5. The molecule has 27 heavy (non-hydrogen) atoms. The summed E-state index contributed by atoms with van der Waals surface area (Å²) in [5.74, 6) is -0.104. The smallest absolute Gasteiger partial charge is 0.268 e. The van der Waals surface area contributed by atoms with E-state index in [0.717, 1.165) is 28.7 Å². The van der Waals surface area contributed by atoms with Gasteiger partial charge in [-0.1, -0.05) is 54.6 Å². The number of aromatic nitrogens is 2. The van der Waals surface area contributed by atoms with Crippen molar-refractivity contribution in [2.24, 2.45) is 0 Å². The number of hydrogen-bond acceptors (Lipinski definition) is 2. The minimum Gasteiger partial charge on any atom is -0.338 e. The number of carbonyl (C=O) groups is 1. The molecule has 0 radical (unpaired) electrons. The summed E-state index contributed by atoms with van der Waals surface area (Å²) in [7, 11) is 0. The summed E-state index contributed by atoms with van der Waals surface area (Å²) in [6.07, 6.45) is 1.75. The summed E-state index contributed by atoms with van der Waals surface area (Å²) in [5, 5.41) is 4.25. The molecule has 0 fully saturated rings. The molecule has 0 aliphatic heterocycles. The van der Waals surface area contributed by atoms with Crippen LogP contribution in [0.4, 0.5) is 0 Å². The van der Waals surface area contributed by atoms with Crippen LogP contribution in [0.3, 0.4) is 0 Å². The SMILES string of the molecule is CCn1c(C(=O)NC(c2ccccc2)c2ccccn2)cc2ccccc21. The van der Waals surface area contributed by atoms with Crippen LogP contribution in [0.1, 0.15) is 34.7 Å². The predicted molar refractivity (Wildman–Crippen MR) is 108 cm³/mol. The van der Waals surface area contributed by atoms with Gasteiger partial charge in [-0.25, -0.2) is 0 Å². The summed E-state index contributed by atoms with van der Waals surface area (Å²) in [4.78, 5) is 17.7. The fraction of sp³-hybridized carbons (Fsp3) is 0.130. The van der Waals surface area contributed by atoms with Crippen LogP contribution in [0.15, 0.2) is 85.1 Å².